The van der Waals surface area contributed by atoms with E-state index < -0.39 is 11.9 Å². The van der Waals surface area contributed by atoms with Crippen LogP contribution in [0.15, 0.2) is 42.5 Å². The van der Waals surface area contributed by atoms with Crippen LogP contribution in [0.5, 0.6) is 11.5 Å². The molecule has 0 aliphatic rings. The SMILES string of the molecule is COc1ccc(OC)c(C(C)NC(=O)COC(=O)c2cccc(I)c2)c1. The van der Waals surface area contributed by atoms with Crippen LogP contribution < -0.4 is 14.8 Å². The van der Waals surface area contributed by atoms with Crippen molar-refractivity contribution in [1.29, 1.82) is 0 Å². The molecule has 0 aliphatic carbocycles. The first-order valence-corrected chi connectivity index (χ1v) is 8.96. The molecule has 0 aromatic heterocycles. The number of hydrogen-bond donors (Lipinski definition) is 1. The summed E-state index contributed by atoms with van der Waals surface area (Å²) >= 11 is 2.11. The zero-order valence-corrected chi connectivity index (χ0v) is 16.9. The monoisotopic (exact) mass is 469 g/mol. The number of esters is 1. The largest absolute Gasteiger partial charge is 0.497 e. The molecule has 0 radical (unpaired) electrons. The fourth-order valence-corrected chi connectivity index (χ4v) is 2.91. The van der Waals surface area contributed by atoms with E-state index in [0.29, 0.717) is 17.1 Å². The van der Waals surface area contributed by atoms with Gasteiger partial charge in [0.15, 0.2) is 6.61 Å². The minimum atomic E-state index is -0.537. The van der Waals surface area contributed by atoms with Gasteiger partial charge in [0.2, 0.25) is 0 Å². The first-order valence-electron chi connectivity index (χ1n) is 7.88. The molecule has 0 spiro atoms. The summed E-state index contributed by atoms with van der Waals surface area (Å²) in [6, 6.07) is 12.0. The molecule has 138 valence electrons. The smallest absolute Gasteiger partial charge is 0.338 e. The fourth-order valence-electron chi connectivity index (χ4n) is 2.37. The normalized spacial score (nSPS) is 11.4. The molecule has 0 fully saturated rings. The Morgan fingerprint density at radius 2 is 1.88 bits per heavy atom. The Balaban J connectivity index is 1.96. The Bertz CT molecular complexity index is 793. The van der Waals surface area contributed by atoms with Crippen LogP contribution in [-0.2, 0) is 9.53 Å². The summed E-state index contributed by atoms with van der Waals surface area (Å²) in [6.07, 6.45) is 0. The van der Waals surface area contributed by atoms with Gasteiger partial charge < -0.3 is 19.5 Å². The Hall–Kier alpha value is -2.29. The molecule has 1 atom stereocenters. The Kier molecular flexibility index (Phi) is 7.26. The van der Waals surface area contributed by atoms with Gasteiger partial charge in [-0.05, 0) is 65.9 Å². The standard InChI is InChI=1S/C19H20INO5/c1-12(16-10-15(24-2)7-8-17(16)25-3)21-18(22)11-26-19(23)13-5-4-6-14(20)9-13/h4-10,12H,11H2,1-3H3,(H,21,22). The van der Waals surface area contributed by atoms with Gasteiger partial charge in [0, 0.05) is 9.13 Å². The van der Waals surface area contributed by atoms with Gasteiger partial charge in [-0.1, -0.05) is 6.07 Å². The maximum atomic E-state index is 12.1. The number of amides is 1. The number of benzene rings is 2. The summed E-state index contributed by atoms with van der Waals surface area (Å²) < 4.78 is 16.5. The van der Waals surface area contributed by atoms with Crippen LogP contribution in [0, 0.1) is 3.57 Å². The van der Waals surface area contributed by atoms with E-state index >= 15 is 0 Å². The molecular weight excluding hydrogens is 449 g/mol. The molecule has 0 saturated heterocycles. The molecule has 1 N–H and O–H groups in total. The third-order valence-electron chi connectivity index (χ3n) is 3.68. The van der Waals surface area contributed by atoms with E-state index in [2.05, 4.69) is 27.9 Å². The van der Waals surface area contributed by atoms with Gasteiger partial charge in [-0.15, -0.1) is 0 Å². The molecule has 26 heavy (non-hydrogen) atoms. The lowest BCUT2D eigenvalue weighted by Gasteiger charge is -2.18. The van der Waals surface area contributed by atoms with E-state index in [9.17, 15) is 9.59 Å². The summed E-state index contributed by atoms with van der Waals surface area (Å²) in [6.45, 7) is 1.46. The minimum Gasteiger partial charge on any atom is -0.497 e. The fraction of sp³-hybridized carbons (Fsp3) is 0.263. The highest BCUT2D eigenvalue weighted by Gasteiger charge is 2.17. The van der Waals surface area contributed by atoms with E-state index in [1.807, 2.05) is 13.0 Å². The Morgan fingerprint density at radius 3 is 2.54 bits per heavy atom. The number of rotatable bonds is 7. The zero-order chi connectivity index (χ0) is 19.1. The second-order valence-corrected chi connectivity index (χ2v) is 6.73. The Morgan fingerprint density at radius 1 is 1.12 bits per heavy atom. The molecule has 6 nitrogen and oxygen atoms in total. The molecular formula is C19H20INO5. The van der Waals surface area contributed by atoms with Gasteiger partial charge in [-0.2, -0.15) is 0 Å². The van der Waals surface area contributed by atoms with Crippen molar-refractivity contribution in [1.82, 2.24) is 5.32 Å². The number of halogens is 1. The quantitative estimate of drug-likeness (QED) is 0.498. The summed E-state index contributed by atoms with van der Waals surface area (Å²) in [7, 11) is 3.13. The second kappa shape index (κ2) is 9.42. The molecule has 2 rings (SSSR count). The number of methoxy groups -OCH3 is 2. The number of carbonyl (C=O) groups is 2. The molecule has 0 bridgehead atoms. The highest BCUT2D eigenvalue weighted by Crippen LogP contribution is 2.29. The van der Waals surface area contributed by atoms with Gasteiger partial charge in [0.05, 0.1) is 25.8 Å². The molecule has 1 unspecified atom stereocenters. The van der Waals surface area contributed by atoms with Gasteiger partial charge in [-0.3, -0.25) is 4.79 Å². The van der Waals surface area contributed by atoms with E-state index in [4.69, 9.17) is 14.2 Å². The van der Waals surface area contributed by atoms with Gasteiger partial charge in [0.1, 0.15) is 11.5 Å². The average Bonchev–Trinajstić information content (AvgIpc) is 2.65. The molecule has 0 aliphatic heterocycles. The van der Waals surface area contributed by atoms with E-state index in [1.54, 1.807) is 50.6 Å². The molecule has 1 amide bonds. The van der Waals surface area contributed by atoms with Crippen LogP contribution in [0.3, 0.4) is 0 Å². The van der Waals surface area contributed by atoms with Crippen molar-refractivity contribution in [3.8, 4) is 11.5 Å². The van der Waals surface area contributed by atoms with E-state index in [1.165, 1.54) is 0 Å². The summed E-state index contributed by atoms with van der Waals surface area (Å²) in [4.78, 5) is 24.1. The lowest BCUT2D eigenvalue weighted by molar-refractivity contribution is -0.124. The van der Waals surface area contributed by atoms with Gasteiger partial charge in [-0.25, -0.2) is 4.79 Å². The van der Waals surface area contributed by atoms with E-state index in [-0.39, 0.29) is 12.6 Å². The van der Waals surface area contributed by atoms with Gasteiger partial charge in [0.25, 0.3) is 5.91 Å². The van der Waals surface area contributed by atoms with E-state index in [0.717, 1.165) is 9.13 Å². The van der Waals surface area contributed by atoms with Crippen molar-refractivity contribution in [3.63, 3.8) is 0 Å². The van der Waals surface area contributed by atoms with Crippen LogP contribution in [0.25, 0.3) is 0 Å². The van der Waals surface area contributed by atoms with Crippen molar-refractivity contribution >= 4 is 34.5 Å². The van der Waals surface area contributed by atoms with Crippen LogP contribution in [0.4, 0.5) is 0 Å². The lowest BCUT2D eigenvalue weighted by atomic mass is 10.1. The topological polar surface area (TPSA) is 73.9 Å². The summed E-state index contributed by atoms with van der Waals surface area (Å²) in [5, 5.41) is 2.79. The summed E-state index contributed by atoms with van der Waals surface area (Å²) in [5.74, 6) is 0.355. The highest BCUT2D eigenvalue weighted by molar-refractivity contribution is 14.1. The van der Waals surface area contributed by atoms with Crippen LogP contribution in [0.1, 0.15) is 28.9 Å². The summed E-state index contributed by atoms with van der Waals surface area (Å²) in [5.41, 5.74) is 1.18. The van der Waals surface area contributed by atoms with Crippen molar-refractivity contribution in [2.45, 2.75) is 13.0 Å². The molecule has 2 aromatic rings. The van der Waals surface area contributed by atoms with Crippen molar-refractivity contribution in [3.05, 3.63) is 57.2 Å². The maximum absolute atomic E-state index is 12.1. The maximum Gasteiger partial charge on any atom is 0.338 e. The number of carbonyl (C=O) groups excluding carboxylic acids is 2. The van der Waals surface area contributed by atoms with Crippen molar-refractivity contribution < 1.29 is 23.8 Å². The lowest BCUT2D eigenvalue weighted by Crippen LogP contribution is -2.31. The number of nitrogens with one attached hydrogen (secondary N) is 1. The first-order chi connectivity index (χ1) is 12.4. The third kappa shape index (κ3) is 5.35. The molecule has 0 heterocycles. The second-order valence-electron chi connectivity index (χ2n) is 5.48. The molecule has 7 heteroatoms. The van der Waals surface area contributed by atoms with Crippen LogP contribution in [0.2, 0.25) is 0 Å². The highest BCUT2D eigenvalue weighted by atomic mass is 127. The predicted octanol–water partition coefficient (Wildman–Crippen LogP) is 3.34. The minimum absolute atomic E-state index is 0.344. The molecule has 2 aromatic carbocycles. The predicted molar refractivity (Wildman–Crippen MR) is 106 cm³/mol. The zero-order valence-electron chi connectivity index (χ0n) is 14.7. The average molecular weight is 469 g/mol. The third-order valence-corrected chi connectivity index (χ3v) is 4.35. The van der Waals surface area contributed by atoms with Crippen LogP contribution in [-0.4, -0.2) is 32.7 Å². The first kappa shape index (κ1) is 20.0. The molecule has 0 saturated carbocycles. The van der Waals surface area contributed by atoms with Gasteiger partial charge >= 0.3 is 5.97 Å². The number of ether oxygens (including phenoxy) is 3. The number of hydrogen-bond acceptors (Lipinski definition) is 5. The Labute approximate surface area is 166 Å². The van der Waals surface area contributed by atoms with Crippen molar-refractivity contribution in [2.75, 3.05) is 20.8 Å². The van der Waals surface area contributed by atoms with Crippen molar-refractivity contribution in [2.24, 2.45) is 0 Å². The van der Waals surface area contributed by atoms with Crippen LogP contribution >= 0.6 is 22.6 Å².